The summed E-state index contributed by atoms with van der Waals surface area (Å²) in [5, 5.41) is 3.60. The van der Waals surface area contributed by atoms with Gasteiger partial charge < -0.3 is 15.0 Å². The molecule has 3 nitrogen and oxygen atoms in total. The fourth-order valence-corrected chi connectivity index (χ4v) is 4.27. The van der Waals surface area contributed by atoms with Crippen LogP contribution in [0.3, 0.4) is 0 Å². The normalized spacial score (nSPS) is 32.5. The summed E-state index contributed by atoms with van der Waals surface area (Å²) >= 11 is 0. The van der Waals surface area contributed by atoms with E-state index in [0.717, 1.165) is 24.1 Å². The second kappa shape index (κ2) is 3.81. The fourth-order valence-electron chi connectivity index (χ4n) is 4.27. The topological polar surface area (TPSA) is 24.5 Å². The van der Waals surface area contributed by atoms with Gasteiger partial charge in [0.15, 0.2) is 0 Å². The van der Waals surface area contributed by atoms with Crippen LogP contribution in [0.15, 0.2) is 18.2 Å². The van der Waals surface area contributed by atoms with Crippen molar-refractivity contribution in [2.24, 2.45) is 11.8 Å². The van der Waals surface area contributed by atoms with E-state index in [-0.39, 0.29) is 0 Å². The van der Waals surface area contributed by atoms with Crippen molar-refractivity contribution in [1.29, 1.82) is 0 Å². The Hall–Kier alpha value is -1.38. The number of methoxy groups -OCH3 is 1. The first-order chi connectivity index (χ1) is 8.88. The summed E-state index contributed by atoms with van der Waals surface area (Å²) in [4.78, 5) is 2.63. The Morgan fingerprint density at radius 2 is 2.28 bits per heavy atom. The standard InChI is InChI=1S/C15H20N2O/c1-18-14-7-3-6-12-15(14)16-8-13-11-5-2-4-10(11)9-17(12)13/h3,6-7,10-11,13,16H,2,4-5,8-9H2,1H3. The molecule has 1 saturated carbocycles. The molecule has 2 heterocycles. The lowest BCUT2D eigenvalue weighted by atomic mass is 9.93. The van der Waals surface area contributed by atoms with Gasteiger partial charge in [-0.3, -0.25) is 0 Å². The molecule has 3 atom stereocenters. The molecular weight excluding hydrogens is 224 g/mol. The first-order valence-corrected chi connectivity index (χ1v) is 7.06. The van der Waals surface area contributed by atoms with Crippen LogP contribution in [0.2, 0.25) is 0 Å². The molecule has 0 radical (unpaired) electrons. The predicted molar refractivity (Wildman–Crippen MR) is 73.4 cm³/mol. The quantitative estimate of drug-likeness (QED) is 0.822. The van der Waals surface area contributed by atoms with E-state index in [0.29, 0.717) is 6.04 Å². The second-order valence-corrected chi connectivity index (χ2v) is 5.81. The zero-order valence-corrected chi connectivity index (χ0v) is 10.9. The van der Waals surface area contributed by atoms with Crippen LogP contribution < -0.4 is 15.0 Å². The van der Waals surface area contributed by atoms with Gasteiger partial charge in [-0.1, -0.05) is 12.5 Å². The average Bonchev–Trinajstić information content (AvgIpc) is 2.98. The van der Waals surface area contributed by atoms with Crippen LogP contribution in [0.1, 0.15) is 19.3 Å². The number of rotatable bonds is 1. The van der Waals surface area contributed by atoms with E-state index < -0.39 is 0 Å². The van der Waals surface area contributed by atoms with Crippen molar-refractivity contribution >= 4 is 11.4 Å². The Kier molecular flexibility index (Phi) is 2.23. The van der Waals surface area contributed by atoms with E-state index >= 15 is 0 Å². The summed E-state index contributed by atoms with van der Waals surface area (Å²) < 4.78 is 5.47. The molecule has 0 amide bonds. The third kappa shape index (κ3) is 1.30. The van der Waals surface area contributed by atoms with Crippen LogP contribution in [0.25, 0.3) is 0 Å². The van der Waals surface area contributed by atoms with E-state index in [2.05, 4.69) is 22.3 Å². The third-order valence-corrected chi connectivity index (χ3v) is 5.07. The van der Waals surface area contributed by atoms with Crippen molar-refractivity contribution in [2.75, 3.05) is 30.4 Å². The molecule has 3 heteroatoms. The van der Waals surface area contributed by atoms with Crippen molar-refractivity contribution in [3.05, 3.63) is 18.2 Å². The van der Waals surface area contributed by atoms with Gasteiger partial charge in [-0.2, -0.15) is 0 Å². The number of nitrogens with zero attached hydrogens (tertiary/aromatic N) is 1. The Morgan fingerprint density at radius 3 is 3.17 bits per heavy atom. The molecule has 1 aromatic carbocycles. The van der Waals surface area contributed by atoms with Gasteiger partial charge in [-0.15, -0.1) is 0 Å². The number of fused-ring (bicyclic) bond motifs is 5. The Balaban J connectivity index is 1.75. The maximum Gasteiger partial charge on any atom is 0.144 e. The smallest absolute Gasteiger partial charge is 0.144 e. The Labute approximate surface area is 108 Å². The summed E-state index contributed by atoms with van der Waals surface area (Å²) in [6, 6.07) is 7.09. The van der Waals surface area contributed by atoms with Crippen molar-refractivity contribution in [2.45, 2.75) is 25.3 Å². The number of hydrogen-bond donors (Lipinski definition) is 1. The lowest BCUT2D eigenvalue weighted by Gasteiger charge is -2.37. The molecule has 0 bridgehead atoms. The molecule has 4 rings (SSSR count). The van der Waals surface area contributed by atoms with Crippen LogP contribution in [0.5, 0.6) is 5.75 Å². The lowest BCUT2D eigenvalue weighted by Crippen LogP contribution is -2.42. The van der Waals surface area contributed by atoms with Gasteiger partial charge in [0.25, 0.3) is 0 Å². The summed E-state index contributed by atoms with van der Waals surface area (Å²) in [7, 11) is 1.75. The number of para-hydroxylation sites is 1. The lowest BCUT2D eigenvalue weighted by molar-refractivity contribution is 0.411. The Bertz CT molecular complexity index is 474. The minimum absolute atomic E-state index is 0.706. The number of ether oxygens (including phenoxy) is 1. The maximum absolute atomic E-state index is 5.47. The molecule has 2 fully saturated rings. The van der Waals surface area contributed by atoms with E-state index in [4.69, 9.17) is 4.74 Å². The van der Waals surface area contributed by atoms with Crippen LogP contribution in [-0.4, -0.2) is 26.2 Å². The molecule has 0 aromatic heterocycles. The van der Waals surface area contributed by atoms with Crippen LogP contribution in [0.4, 0.5) is 11.4 Å². The van der Waals surface area contributed by atoms with Gasteiger partial charge in [-0.25, -0.2) is 0 Å². The highest BCUT2D eigenvalue weighted by Gasteiger charge is 2.46. The van der Waals surface area contributed by atoms with Crippen LogP contribution >= 0.6 is 0 Å². The zero-order chi connectivity index (χ0) is 12.1. The molecule has 18 heavy (non-hydrogen) atoms. The molecule has 2 aliphatic heterocycles. The largest absolute Gasteiger partial charge is 0.495 e. The molecule has 1 aromatic rings. The van der Waals surface area contributed by atoms with Gasteiger partial charge >= 0.3 is 0 Å². The van der Waals surface area contributed by atoms with Crippen molar-refractivity contribution in [3.63, 3.8) is 0 Å². The average molecular weight is 244 g/mol. The first-order valence-electron chi connectivity index (χ1n) is 7.06. The minimum Gasteiger partial charge on any atom is -0.495 e. The molecule has 96 valence electrons. The van der Waals surface area contributed by atoms with E-state index in [1.807, 2.05) is 6.07 Å². The maximum atomic E-state index is 5.47. The molecular formula is C15H20N2O. The van der Waals surface area contributed by atoms with E-state index in [9.17, 15) is 0 Å². The molecule has 1 saturated heterocycles. The Morgan fingerprint density at radius 1 is 1.33 bits per heavy atom. The molecule has 3 aliphatic rings. The van der Waals surface area contributed by atoms with Gasteiger partial charge in [0.1, 0.15) is 11.4 Å². The number of nitrogens with one attached hydrogen (secondary N) is 1. The summed E-state index contributed by atoms with van der Waals surface area (Å²) in [6.45, 7) is 2.33. The van der Waals surface area contributed by atoms with Crippen LogP contribution in [-0.2, 0) is 0 Å². The van der Waals surface area contributed by atoms with Crippen molar-refractivity contribution < 1.29 is 4.74 Å². The SMILES string of the molecule is COc1cccc2c1NCC1C3CCCC3CN21. The highest BCUT2D eigenvalue weighted by atomic mass is 16.5. The first kappa shape index (κ1) is 10.5. The monoisotopic (exact) mass is 244 g/mol. The van der Waals surface area contributed by atoms with Crippen molar-refractivity contribution in [3.8, 4) is 5.75 Å². The summed E-state index contributed by atoms with van der Waals surface area (Å²) in [5.74, 6) is 2.81. The van der Waals surface area contributed by atoms with Crippen molar-refractivity contribution in [1.82, 2.24) is 0 Å². The van der Waals surface area contributed by atoms with Gasteiger partial charge in [0.05, 0.1) is 12.8 Å². The molecule has 0 spiro atoms. The number of benzene rings is 1. The second-order valence-electron chi connectivity index (χ2n) is 5.81. The van der Waals surface area contributed by atoms with Gasteiger partial charge in [0, 0.05) is 19.1 Å². The van der Waals surface area contributed by atoms with Gasteiger partial charge in [-0.05, 0) is 36.8 Å². The van der Waals surface area contributed by atoms with Crippen LogP contribution in [0, 0.1) is 11.8 Å². The highest BCUT2D eigenvalue weighted by Crippen LogP contribution is 2.49. The third-order valence-electron chi connectivity index (χ3n) is 5.07. The minimum atomic E-state index is 0.706. The fraction of sp³-hybridized carbons (Fsp3) is 0.600. The van der Waals surface area contributed by atoms with E-state index in [1.54, 1.807) is 7.11 Å². The predicted octanol–water partition coefficient (Wildman–Crippen LogP) is 2.73. The summed E-state index contributed by atoms with van der Waals surface area (Å²) in [5.41, 5.74) is 2.54. The highest BCUT2D eigenvalue weighted by molar-refractivity contribution is 5.79. The zero-order valence-electron chi connectivity index (χ0n) is 10.9. The number of anilines is 2. The molecule has 3 unspecified atom stereocenters. The van der Waals surface area contributed by atoms with Gasteiger partial charge in [0.2, 0.25) is 0 Å². The molecule has 1 N–H and O–H groups in total. The molecule has 1 aliphatic carbocycles. The van der Waals surface area contributed by atoms with E-state index in [1.165, 1.54) is 37.2 Å². The summed E-state index contributed by atoms with van der Waals surface area (Å²) in [6.07, 6.45) is 4.29. The number of hydrogen-bond acceptors (Lipinski definition) is 3.